The number of likely N-dealkylation sites (tertiary alicyclic amines) is 1. The first-order valence-corrected chi connectivity index (χ1v) is 14.6. The normalized spacial score (nSPS) is 17.5. The quantitative estimate of drug-likeness (QED) is 0.281. The first-order valence-electron chi connectivity index (χ1n) is 14.6. The number of anilines is 3. The highest BCUT2D eigenvalue weighted by Crippen LogP contribution is 2.39. The Kier molecular flexibility index (Phi) is 8.29. The molecule has 2 aliphatic rings. The van der Waals surface area contributed by atoms with Crippen molar-refractivity contribution in [3.63, 3.8) is 0 Å². The largest absolute Gasteiger partial charge is 0.493 e. The van der Waals surface area contributed by atoms with Gasteiger partial charge in [0.1, 0.15) is 12.1 Å². The molecule has 0 radical (unpaired) electrons. The second-order valence-electron chi connectivity index (χ2n) is 10.9. The molecule has 222 valence electrons. The summed E-state index contributed by atoms with van der Waals surface area (Å²) in [4.78, 5) is 19.4. The number of nitrogens with zero attached hydrogens (tertiary/aromatic N) is 6. The molecule has 2 aromatic heterocycles. The van der Waals surface area contributed by atoms with Crippen LogP contribution in [0.2, 0.25) is 0 Å². The molecule has 0 spiro atoms. The van der Waals surface area contributed by atoms with Crippen LogP contribution < -0.4 is 24.4 Å². The standard InChI is InChI=1S/C31H39N7O4/c1-40-25-15-23(16-26(41-2)29(25)42-3)37-18-27(32-20-37)33-31-34-28-21(17-36-12-5-4-6-13-36)9-7-11-24(28)30(35-31)38-14-8-10-22(38)19-39/h7,9,11,15-16,18,20,22,39H,4-6,8,10,12-14,17,19H2,1-3H3,(H,33,34,35)/t22-/m0/s1. The van der Waals surface area contributed by atoms with Crippen LogP contribution in [-0.2, 0) is 6.54 Å². The molecule has 42 heavy (non-hydrogen) atoms. The van der Waals surface area contributed by atoms with Crippen molar-refractivity contribution in [3.8, 4) is 22.9 Å². The Balaban J connectivity index is 1.37. The van der Waals surface area contributed by atoms with Gasteiger partial charge in [0.15, 0.2) is 17.3 Å². The van der Waals surface area contributed by atoms with Gasteiger partial charge in [0.05, 0.1) is 51.4 Å². The number of benzene rings is 2. The second-order valence-corrected chi connectivity index (χ2v) is 10.9. The average molecular weight is 574 g/mol. The number of nitrogens with one attached hydrogen (secondary N) is 1. The van der Waals surface area contributed by atoms with Crippen LogP contribution in [0.5, 0.6) is 17.2 Å². The molecule has 0 aliphatic carbocycles. The Labute approximate surface area is 246 Å². The van der Waals surface area contributed by atoms with Crippen molar-refractivity contribution < 1.29 is 19.3 Å². The van der Waals surface area contributed by atoms with Gasteiger partial charge in [-0.15, -0.1) is 0 Å². The van der Waals surface area contributed by atoms with Gasteiger partial charge in [0.2, 0.25) is 11.7 Å². The molecular weight excluding hydrogens is 534 g/mol. The molecule has 2 saturated heterocycles. The Bertz CT molecular complexity index is 1510. The number of aliphatic hydroxyl groups is 1. The van der Waals surface area contributed by atoms with Gasteiger partial charge < -0.3 is 34.1 Å². The summed E-state index contributed by atoms with van der Waals surface area (Å²) in [5.41, 5.74) is 2.92. The third kappa shape index (κ3) is 5.54. The number of fused-ring (bicyclic) bond motifs is 1. The van der Waals surface area contributed by atoms with Gasteiger partial charge in [-0.1, -0.05) is 18.6 Å². The van der Waals surface area contributed by atoms with E-state index in [2.05, 4.69) is 38.3 Å². The van der Waals surface area contributed by atoms with Crippen LogP contribution in [0.15, 0.2) is 42.9 Å². The van der Waals surface area contributed by atoms with Crippen molar-refractivity contribution in [2.45, 2.75) is 44.7 Å². The number of rotatable bonds is 10. The van der Waals surface area contributed by atoms with E-state index < -0.39 is 0 Å². The minimum atomic E-state index is 0.0425. The Hall–Kier alpha value is -4.09. The summed E-state index contributed by atoms with van der Waals surface area (Å²) in [5, 5.41) is 14.5. The minimum Gasteiger partial charge on any atom is -0.493 e. The first kappa shape index (κ1) is 28.0. The number of ether oxygens (including phenoxy) is 3. The monoisotopic (exact) mass is 573 g/mol. The predicted octanol–water partition coefficient (Wildman–Crippen LogP) is 4.53. The summed E-state index contributed by atoms with van der Waals surface area (Å²) in [7, 11) is 4.77. The van der Waals surface area contributed by atoms with E-state index in [1.54, 1.807) is 27.7 Å². The molecule has 0 bridgehead atoms. The van der Waals surface area contributed by atoms with Crippen LogP contribution in [0.3, 0.4) is 0 Å². The maximum absolute atomic E-state index is 10.1. The van der Waals surface area contributed by atoms with E-state index >= 15 is 0 Å². The van der Waals surface area contributed by atoms with Gasteiger partial charge in [-0.3, -0.25) is 4.90 Å². The summed E-state index contributed by atoms with van der Waals surface area (Å²) in [5.74, 6) is 3.57. The smallest absolute Gasteiger partial charge is 0.230 e. The minimum absolute atomic E-state index is 0.0425. The molecule has 2 aromatic carbocycles. The number of piperidine rings is 1. The molecule has 0 saturated carbocycles. The zero-order valence-electron chi connectivity index (χ0n) is 24.5. The topological polar surface area (TPSA) is 110 Å². The van der Waals surface area contributed by atoms with Crippen molar-refractivity contribution in [2.24, 2.45) is 0 Å². The third-order valence-electron chi connectivity index (χ3n) is 8.26. The lowest BCUT2D eigenvalue weighted by Gasteiger charge is -2.28. The van der Waals surface area contributed by atoms with Gasteiger partial charge in [-0.2, -0.15) is 4.98 Å². The van der Waals surface area contributed by atoms with Crippen molar-refractivity contribution in [1.29, 1.82) is 0 Å². The van der Waals surface area contributed by atoms with E-state index in [1.165, 1.54) is 24.8 Å². The van der Waals surface area contributed by atoms with Crippen molar-refractivity contribution in [3.05, 3.63) is 48.4 Å². The van der Waals surface area contributed by atoms with Gasteiger partial charge in [-0.25, -0.2) is 9.97 Å². The lowest BCUT2D eigenvalue weighted by atomic mass is 10.1. The summed E-state index contributed by atoms with van der Waals surface area (Å²) >= 11 is 0. The van der Waals surface area contributed by atoms with Gasteiger partial charge in [0, 0.05) is 30.6 Å². The van der Waals surface area contributed by atoms with E-state index in [0.29, 0.717) is 29.0 Å². The van der Waals surface area contributed by atoms with Crippen LogP contribution in [0.1, 0.15) is 37.7 Å². The van der Waals surface area contributed by atoms with E-state index in [4.69, 9.17) is 24.2 Å². The molecule has 2 aliphatic heterocycles. The number of aromatic nitrogens is 4. The van der Waals surface area contributed by atoms with E-state index in [9.17, 15) is 5.11 Å². The van der Waals surface area contributed by atoms with E-state index in [-0.39, 0.29) is 12.6 Å². The number of aliphatic hydroxyl groups excluding tert-OH is 1. The number of methoxy groups -OCH3 is 3. The van der Waals surface area contributed by atoms with Gasteiger partial charge >= 0.3 is 0 Å². The lowest BCUT2D eigenvalue weighted by Crippen LogP contribution is -2.33. The highest BCUT2D eigenvalue weighted by Gasteiger charge is 2.28. The van der Waals surface area contributed by atoms with E-state index in [0.717, 1.165) is 61.4 Å². The maximum atomic E-state index is 10.1. The Morgan fingerprint density at radius 2 is 1.74 bits per heavy atom. The molecule has 2 fully saturated rings. The molecule has 0 unspecified atom stereocenters. The van der Waals surface area contributed by atoms with Crippen LogP contribution in [0.25, 0.3) is 16.6 Å². The zero-order chi connectivity index (χ0) is 29.1. The summed E-state index contributed by atoms with van der Waals surface area (Å²) in [6.45, 7) is 4.02. The molecule has 4 aromatic rings. The number of hydrogen-bond acceptors (Lipinski definition) is 10. The molecule has 1 atom stereocenters. The molecule has 11 heteroatoms. The fourth-order valence-corrected chi connectivity index (χ4v) is 6.12. The van der Waals surface area contributed by atoms with Gasteiger partial charge in [0.25, 0.3) is 0 Å². The molecular formula is C31H39N7O4. The summed E-state index contributed by atoms with van der Waals surface area (Å²) in [6, 6.07) is 10.1. The molecule has 11 nitrogen and oxygen atoms in total. The number of hydrogen-bond donors (Lipinski definition) is 2. The fourth-order valence-electron chi connectivity index (χ4n) is 6.12. The Morgan fingerprint density at radius 3 is 2.45 bits per heavy atom. The summed E-state index contributed by atoms with van der Waals surface area (Å²) < 4.78 is 18.4. The highest BCUT2D eigenvalue weighted by molar-refractivity contribution is 5.93. The summed E-state index contributed by atoms with van der Waals surface area (Å²) in [6.07, 6.45) is 9.32. The molecule has 0 amide bonds. The van der Waals surface area contributed by atoms with Crippen molar-refractivity contribution in [1.82, 2.24) is 24.4 Å². The van der Waals surface area contributed by atoms with Crippen molar-refractivity contribution >= 4 is 28.5 Å². The Morgan fingerprint density at radius 1 is 0.952 bits per heavy atom. The zero-order valence-corrected chi connectivity index (χ0v) is 24.5. The second kappa shape index (κ2) is 12.4. The highest BCUT2D eigenvalue weighted by atomic mass is 16.5. The average Bonchev–Trinajstić information content (AvgIpc) is 3.70. The van der Waals surface area contributed by atoms with Crippen LogP contribution >= 0.6 is 0 Å². The first-order chi connectivity index (χ1) is 20.6. The molecule has 4 heterocycles. The fraction of sp³-hybridized carbons (Fsp3) is 0.452. The van der Waals surface area contributed by atoms with Gasteiger partial charge in [-0.05, 0) is 50.4 Å². The lowest BCUT2D eigenvalue weighted by molar-refractivity contribution is 0.221. The van der Waals surface area contributed by atoms with Crippen LogP contribution in [0, 0.1) is 0 Å². The molecule has 6 rings (SSSR count). The number of imidazole rings is 1. The van der Waals surface area contributed by atoms with Crippen molar-refractivity contribution in [2.75, 3.05) is 57.8 Å². The van der Waals surface area contributed by atoms with E-state index in [1.807, 2.05) is 22.9 Å². The molecule has 2 N–H and O–H groups in total. The maximum Gasteiger partial charge on any atom is 0.230 e. The van der Waals surface area contributed by atoms with Crippen LogP contribution in [0.4, 0.5) is 17.6 Å². The third-order valence-corrected chi connectivity index (χ3v) is 8.26. The SMILES string of the molecule is COc1cc(-n2cnc(Nc3nc(N4CCC[C@H]4CO)c4cccc(CN5CCCCC5)c4n3)c2)cc(OC)c1OC. The number of para-hydroxylation sites is 1. The predicted molar refractivity (Wildman–Crippen MR) is 163 cm³/mol. The van der Waals surface area contributed by atoms with Crippen LogP contribution in [-0.4, -0.2) is 83.1 Å².